The van der Waals surface area contributed by atoms with Gasteiger partial charge in [-0.15, -0.1) is 0 Å². The number of carbonyl (C=O) groups is 1. The molecular formula is C11H12INO3. The second-order valence-corrected chi connectivity index (χ2v) is 4.82. The van der Waals surface area contributed by atoms with Crippen molar-refractivity contribution in [3.05, 3.63) is 27.3 Å². The summed E-state index contributed by atoms with van der Waals surface area (Å²) in [5, 5.41) is 12.1. The summed E-state index contributed by atoms with van der Waals surface area (Å²) >= 11 is 2.18. The number of hydrogen-bond donors (Lipinski definition) is 2. The van der Waals surface area contributed by atoms with Crippen LogP contribution < -0.4 is 5.32 Å². The number of benzene rings is 1. The molecule has 0 spiro atoms. The number of anilines is 1. The molecule has 2 N–H and O–H groups in total. The third-order valence-corrected chi connectivity index (χ3v) is 3.47. The minimum absolute atomic E-state index is 0.268. The molecule has 1 aliphatic rings. The fourth-order valence-corrected chi connectivity index (χ4v) is 1.99. The van der Waals surface area contributed by atoms with Crippen molar-refractivity contribution in [3.8, 4) is 0 Å². The Morgan fingerprint density at radius 2 is 2.38 bits per heavy atom. The van der Waals surface area contributed by atoms with Gasteiger partial charge in [0, 0.05) is 22.4 Å². The lowest BCUT2D eigenvalue weighted by atomic mass is 10.1. The van der Waals surface area contributed by atoms with Gasteiger partial charge in [-0.3, -0.25) is 0 Å². The van der Waals surface area contributed by atoms with Crippen LogP contribution in [0.4, 0.5) is 5.69 Å². The maximum Gasteiger partial charge on any atom is 0.335 e. The van der Waals surface area contributed by atoms with E-state index in [9.17, 15) is 4.79 Å². The number of ether oxygens (including phenoxy) is 1. The average Bonchev–Trinajstić information content (AvgIpc) is 2.18. The van der Waals surface area contributed by atoms with E-state index < -0.39 is 5.97 Å². The van der Waals surface area contributed by atoms with E-state index >= 15 is 0 Å². The Morgan fingerprint density at radius 3 is 2.94 bits per heavy atom. The van der Waals surface area contributed by atoms with Crippen LogP contribution in [0.1, 0.15) is 16.8 Å². The zero-order valence-corrected chi connectivity index (χ0v) is 10.7. The summed E-state index contributed by atoms with van der Waals surface area (Å²) in [6.07, 6.45) is 1.34. The van der Waals surface area contributed by atoms with Gasteiger partial charge in [0.05, 0.1) is 11.7 Å². The molecule has 16 heavy (non-hydrogen) atoms. The highest BCUT2D eigenvalue weighted by Gasteiger charge is 2.18. The Hall–Kier alpha value is -0.820. The predicted molar refractivity (Wildman–Crippen MR) is 69.0 cm³/mol. The summed E-state index contributed by atoms with van der Waals surface area (Å²) in [6.45, 7) is 1.57. The van der Waals surface area contributed by atoms with E-state index in [1.807, 2.05) is 0 Å². The summed E-state index contributed by atoms with van der Waals surface area (Å²) in [5.74, 6) is -0.903. The summed E-state index contributed by atoms with van der Waals surface area (Å²) in [6, 6.07) is 5.06. The molecule has 1 unspecified atom stereocenters. The molecular weight excluding hydrogens is 321 g/mol. The van der Waals surface area contributed by atoms with E-state index in [1.54, 1.807) is 18.2 Å². The molecule has 2 rings (SSSR count). The number of hydrogen-bond acceptors (Lipinski definition) is 3. The zero-order valence-electron chi connectivity index (χ0n) is 8.57. The van der Waals surface area contributed by atoms with Gasteiger partial charge in [0.25, 0.3) is 0 Å². The van der Waals surface area contributed by atoms with Crippen LogP contribution in [0, 0.1) is 3.57 Å². The first kappa shape index (κ1) is 11.7. The molecule has 5 heteroatoms. The maximum atomic E-state index is 10.8. The Morgan fingerprint density at radius 1 is 1.62 bits per heavy atom. The van der Waals surface area contributed by atoms with E-state index in [0.29, 0.717) is 5.56 Å². The second kappa shape index (κ2) is 5.01. The molecule has 4 nitrogen and oxygen atoms in total. The van der Waals surface area contributed by atoms with Crippen molar-refractivity contribution in [3.63, 3.8) is 0 Å². The number of rotatable bonds is 4. The molecule has 1 aromatic carbocycles. The van der Waals surface area contributed by atoms with Crippen LogP contribution in [0.3, 0.4) is 0 Å². The number of halogens is 1. The minimum atomic E-state index is -0.903. The van der Waals surface area contributed by atoms with Gasteiger partial charge in [0.15, 0.2) is 0 Å². The van der Waals surface area contributed by atoms with Crippen molar-refractivity contribution in [2.45, 2.75) is 12.5 Å². The first-order chi connectivity index (χ1) is 7.66. The molecule has 1 fully saturated rings. The first-order valence-electron chi connectivity index (χ1n) is 5.05. The molecule has 1 saturated heterocycles. The SMILES string of the molecule is O=C(O)c1ccc(I)c(NCC2CCO2)c1. The van der Waals surface area contributed by atoms with E-state index in [1.165, 1.54) is 0 Å². The van der Waals surface area contributed by atoms with Crippen LogP contribution in [0.2, 0.25) is 0 Å². The van der Waals surface area contributed by atoms with E-state index in [4.69, 9.17) is 9.84 Å². The first-order valence-corrected chi connectivity index (χ1v) is 6.13. The third kappa shape index (κ3) is 2.65. The van der Waals surface area contributed by atoms with Gasteiger partial charge in [-0.05, 0) is 47.2 Å². The van der Waals surface area contributed by atoms with E-state index in [2.05, 4.69) is 27.9 Å². The van der Waals surface area contributed by atoms with Gasteiger partial charge in [0.2, 0.25) is 0 Å². The normalized spacial score (nSPS) is 18.9. The molecule has 0 aliphatic carbocycles. The van der Waals surface area contributed by atoms with Gasteiger partial charge < -0.3 is 15.2 Å². The molecule has 0 bridgehead atoms. The lowest BCUT2D eigenvalue weighted by Crippen LogP contribution is -2.33. The summed E-state index contributed by atoms with van der Waals surface area (Å²) < 4.78 is 6.30. The van der Waals surface area contributed by atoms with Crippen molar-refractivity contribution >= 4 is 34.2 Å². The summed E-state index contributed by atoms with van der Waals surface area (Å²) in [4.78, 5) is 10.8. The summed E-state index contributed by atoms with van der Waals surface area (Å²) in [5.41, 5.74) is 1.16. The molecule has 0 radical (unpaired) electrons. The number of carboxylic acid groups (broad SMARTS) is 1. The van der Waals surface area contributed by atoms with Crippen molar-refractivity contribution < 1.29 is 14.6 Å². The van der Waals surface area contributed by atoms with Crippen LogP contribution in [0.5, 0.6) is 0 Å². The van der Waals surface area contributed by atoms with Gasteiger partial charge in [0.1, 0.15) is 0 Å². The largest absolute Gasteiger partial charge is 0.478 e. The lowest BCUT2D eigenvalue weighted by Gasteiger charge is -2.27. The van der Waals surface area contributed by atoms with Crippen molar-refractivity contribution in [1.82, 2.24) is 0 Å². The standard InChI is InChI=1S/C11H12INO3/c12-9-2-1-7(11(14)15)5-10(9)13-6-8-3-4-16-8/h1-2,5,8,13H,3-4,6H2,(H,14,15). The van der Waals surface area contributed by atoms with Gasteiger partial charge in [-0.25, -0.2) is 4.79 Å². The fraction of sp³-hybridized carbons (Fsp3) is 0.364. The Kier molecular flexibility index (Phi) is 3.65. The molecule has 0 aromatic heterocycles. The minimum Gasteiger partial charge on any atom is -0.478 e. The molecule has 1 aliphatic heterocycles. The highest BCUT2D eigenvalue weighted by Crippen LogP contribution is 2.21. The van der Waals surface area contributed by atoms with Gasteiger partial charge in [-0.1, -0.05) is 0 Å². The lowest BCUT2D eigenvalue weighted by molar-refractivity contribution is -0.0410. The van der Waals surface area contributed by atoms with Crippen molar-refractivity contribution in [2.75, 3.05) is 18.5 Å². The summed E-state index contributed by atoms with van der Waals surface area (Å²) in [7, 11) is 0. The van der Waals surface area contributed by atoms with Crippen LogP contribution >= 0.6 is 22.6 Å². The Balaban J connectivity index is 2.05. The van der Waals surface area contributed by atoms with E-state index in [0.717, 1.165) is 28.8 Å². The molecule has 1 atom stereocenters. The monoisotopic (exact) mass is 333 g/mol. The van der Waals surface area contributed by atoms with Crippen LogP contribution in [-0.4, -0.2) is 30.3 Å². The quantitative estimate of drug-likeness (QED) is 0.830. The number of aromatic carboxylic acids is 1. The smallest absolute Gasteiger partial charge is 0.335 e. The van der Waals surface area contributed by atoms with Gasteiger partial charge in [-0.2, -0.15) is 0 Å². The maximum absolute atomic E-state index is 10.8. The molecule has 86 valence electrons. The zero-order chi connectivity index (χ0) is 11.5. The van der Waals surface area contributed by atoms with Crippen molar-refractivity contribution in [2.24, 2.45) is 0 Å². The Labute approximate surface area is 107 Å². The highest BCUT2D eigenvalue weighted by atomic mass is 127. The van der Waals surface area contributed by atoms with Crippen LogP contribution in [0.15, 0.2) is 18.2 Å². The average molecular weight is 333 g/mol. The second-order valence-electron chi connectivity index (χ2n) is 3.66. The number of carboxylic acids is 1. The van der Waals surface area contributed by atoms with Crippen LogP contribution in [-0.2, 0) is 4.74 Å². The highest BCUT2D eigenvalue weighted by molar-refractivity contribution is 14.1. The van der Waals surface area contributed by atoms with E-state index in [-0.39, 0.29) is 6.10 Å². The Bertz CT molecular complexity index is 404. The third-order valence-electron chi connectivity index (χ3n) is 2.53. The topological polar surface area (TPSA) is 58.6 Å². The molecule has 1 aromatic rings. The van der Waals surface area contributed by atoms with Gasteiger partial charge >= 0.3 is 5.97 Å². The fourth-order valence-electron chi connectivity index (χ4n) is 1.46. The van der Waals surface area contributed by atoms with Crippen LogP contribution in [0.25, 0.3) is 0 Å². The van der Waals surface area contributed by atoms with Crippen molar-refractivity contribution in [1.29, 1.82) is 0 Å². The molecule has 0 amide bonds. The molecule has 0 saturated carbocycles. The predicted octanol–water partition coefficient (Wildman–Crippen LogP) is 2.19. The molecule has 1 heterocycles. The number of nitrogens with one attached hydrogen (secondary N) is 1.